The fourth-order valence-electron chi connectivity index (χ4n) is 3.53. The molecule has 0 unspecified atom stereocenters. The van der Waals surface area contributed by atoms with Gasteiger partial charge in [-0.1, -0.05) is 60.7 Å². The summed E-state index contributed by atoms with van der Waals surface area (Å²) < 4.78 is 2.02. The largest absolute Gasteiger partial charge is 0.336 e. The van der Waals surface area contributed by atoms with Gasteiger partial charge in [-0.05, 0) is 11.1 Å². The van der Waals surface area contributed by atoms with E-state index < -0.39 is 0 Å². The zero-order valence-corrected chi connectivity index (χ0v) is 15.4. The summed E-state index contributed by atoms with van der Waals surface area (Å²) in [6.45, 7) is 1.82. The van der Waals surface area contributed by atoms with Crippen LogP contribution in [0.5, 0.6) is 0 Å². The van der Waals surface area contributed by atoms with E-state index in [1.165, 1.54) is 5.56 Å². The maximum absolute atomic E-state index is 12.9. The SMILES string of the molecule is CN1Cc2nnc(CNCc3ccccc3)n2[C@@H](Cc2ccccc2)C1=O. The summed E-state index contributed by atoms with van der Waals surface area (Å²) in [4.78, 5) is 14.6. The molecule has 1 aromatic heterocycles. The van der Waals surface area contributed by atoms with Crippen LogP contribution < -0.4 is 5.32 Å². The van der Waals surface area contributed by atoms with Gasteiger partial charge in [0.15, 0.2) is 5.82 Å². The highest BCUT2D eigenvalue weighted by Gasteiger charge is 2.34. The van der Waals surface area contributed by atoms with Gasteiger partial charge in [-0.3, -0.25) is 9.36 Å². The van der Waals surface area contributed by atoms with Crippen LogP contribution in [0.1, 0.15) is 28.8 Å². The van der Waals surface area contributed by atoms with Crippen molar-refractivity contribution in [2.24, 2.45) is 0 Å². The highest BCUT2D eigenvalue weighted by molar-refractivity contribution is 5.81. The number of likely N-dealkylation sites (N-methyl/N-ethyl adjacent to an activating group) is 1. The first-order chi connectivity index (χ1) is 13.2. The van der Waals surface area contributed by atoms with Gasteiger partial charge in [0.05, 0.1) is 13.1 Å². The summed E-state index contributed by atoms with van der Waals surface area (Å²) in [6, 6.07) is 20.0. The molecule has 0 radical (unpaired) electrons. The summed E-state index contributed by atoms with van der Waals surface area (Å²) in [5.74, 6) is 1.76. The molecule has 0 bridgehead atoms. The Morgan fingerprint density at radius 1 is 0.963 bits per heavy atom. The van der Waals surface area contributed by atoms with Gasteiger partial charge in [0, 0.05) is 20.0 Å². The van der Waals surface area contributed by atoms with E-state index in [4.69, 9.17) is 0 Å². The number of rotatable bonds is 6. The lowest BCUT2D eigenvalue weighted by molar-refractivity contribution is -0.136. The Kier molecular flexibility index (Phi) is 4.98. The number of nitrogens with zero attached hydrogens (tertiary/aromatic N) is 4. The van der Waals surface area contributed by atoms with Crippen LogP contribution in [0, 0.1) is 0 Å². The number of amides is 1. The van der Waals surface area contributed by atoms with Crippen LogP contribution >= 0.6 is 0 Å². The van der Waals surface area contributed by atoms with Crippen molar-refractivity contribution in [2.75, 3.05) is 7.05 Å². The van der Waals surface area contributed by atoms with E-state index >= 15 is 0 Å². The monoisotopic (exact) mass is 361 g/mol. The van der Waals surface area contributed by atoms with Crippen LogP contribution in [0.4, 0.5) is 0 Å². The van der Waals surface area contributed by atoms with Crippen molar-refractivity contribution >= 4 is 5.91 Å². The minimum absolute atomic E-state index is 0.107. The maximum Gasteiger partial charge on any atom is 0.246 e. The van der Waals surface area contributed by atoms with E-state index in [2.05, 4.69) is 39.8 Å². The second-order valence-electron chi connectivity index (χ2n) is 6.89. The molecule has 1 aliphatic heterocycles. The van der Waals surface area contributed by atoms with Crippen molar-refractivity contribution in [1.29, 1.82) is 0 Å². The Morgan fingerprint density at radius 3 is 2.33 bits per heavy atom. The molecule has 0 aliphatic carbocycles. The average Bonchev–Trinajstić information content (AvgIpc) is 3.09. The summed E-state index contributed by atoms with van der Waals surface area (Å²) in [7, 11) is 1.83. The first-order valence-corrected chi connectivity index (χ1v) is 9.18. The van der Waals surface area contributed by atoms with E-state index in [0.29, 0.717) is 19.5 Å². The summed E-state index contributed by atoms with van der Waals surface area (Å²) in [5, 5.41) is 12.1. The molecule has 0 spiro atoms. The lowest BCUT2D eigenvalue weighted by atomic mass is 10.0. The van der Waals surface area contributed by atoms with Gasteiger partial charge in [-0.15, -0.1) is 10.2 Å². The van der Waals surface area contributed by atoms with E-state index in [0.717, 1.165) is 23.8 Å². The fraction of sp³-hybridized carbons (Fsp3) is 0.286. The summed E-state index contributed by atoms with van der Waals surface area (Å²) >= 11 is 0. The molecular formula is C21H23N5O. The van der Waals surface area contributed by atoms with Crippen molar-refractivity contribution in [3.8, 4) is 0 Å². The van der Waals surface area contributed by atoms with Gasteiger partial charge in [-0.2, -0.15) is 0 Å². The quantitative estimate of drug-likeness (QED) is 0.732. The maximum atomic E-state index is 12.9. The molecule has 4 rings (SSSR count). The van der Waals surface area contributed by atoms with Crippen LogP contribution in [0.3, 0.4) is 0 Å². The molecule has 6 nitrogen and oxygen atoms in total. The number of carbonyl (C=O) groups excluding carboxylic acids is 1. The Hall–Kier alpha value is -2.99. The number of aromatic nitrogens is 3. The molecule has 0 saturated carbocycles. The molecule has 0 fully saturated rings. The van der Waals surface area contributed by atoms with Crippen molar-refractivity contribution in [1.82, 2.24) is 25.0 Å². The van der Waals surface area contributed by atoms with E-state index in [9.17, 15) is 4.79 Å². The number of hydrogen-bond donors (Lipinski definition) is 1. The number of nitrogens with one attached hydrogen (secondary N) is 1. The molecular weight excluding hydrogens is 338 g/mol. The number of fused-ring (bicyclic) bond motifs is 1. The predicted molar refractivity (Wildman–Crippen MR) is 103 cm³/mol. The van der Waals surface area contributed by atoms with Gasteiger partial charge in [-0.25, -0.2) is 0 Å². The minimum Gasteiger partial charge on any atom is -0.336 e. The van der Waals surface area contributed by atoms with Gasteiger partial charge in [0.1, 0.15) is 11.9 Å². The molecule has 1 aliphatic rings. The number of carbonyl (C=O) groups is 1. The van der Waals surface area contributed by atoms with Crippen LogP contribution in [-0.4, -0.2) is 32.6 Å². The molecule has 1 N–H and O–H groups in total. The fourth-order valence-corrected chi connectivity index (χ4v) is 3.53. The van der Waals surface area contributed by atoms with Crippen LogP contribution in [-0.2, 0) is 30.8 Å². The number of hydrogen-bond acceptors (Lipinski definition) is 4. The van der Waals surface area contributed by atoms with Gasteiger partial charge in [0.2, 0.25) is 5.91 Å². The Bertz CT molecular complexity index is 907. The van der Waals surface area contributed by atoms with Crippen molar-refractivity contribution in [3.63, 3.8) is 0 Å². The van der Waals surface area contributed by atoms with Gasteiger partial charge < -0.3 is 10.2 Å². The zero-order valence-electron chi connectivity index (χ0n) is 15.4. The standard InChI is InChI=1S/C21H23N5O/c1-25-15-20-24-23-19(14-22-13-17-10-6-3-7-11-17)26(20)18(21(25)27)12-16-8-4-2-5-9-16/h2-11,18,22H,12-15H2,1H3/t18-/m0/s1. The highest BCUT2D eigenvalue weighted by atomic mass is 16.2. The average molecular weight is 361 g/mol. The van der Waals surface area contributed by atoms with E-state index in [-0.39, 0.29) is 11.9 Å². The summed E-state index contributed by atoms with van der Waals surface area (Å²) in [6.07, 6.45) is 0.640. The van der Waals surface area contributed by atoms with Crippen molar-refractivity contribution in [2.45, 2.75) is 32.1 Å². The van der Waals surface area contributed by atoms with E-state index in [1.54, 1.807) is 4.90 Å². The summed E-state index contributed by atoms with van der Waals surface area (Å²) in [5.41, 5.74) is 2.35. The molecule has 27 heavy (non-hydrogen) atoms. The molecule has 6 heteroatoms. The lowest BCUT2D eigenvalue weighted by Gasteiger charge is -2.31. The second-order valence-corrected chi connectivity index (χ2v) is 6.89. The van der Waals surface area contributed by atoms with Gasteiger partial charge >= 0.3 is 0 Å². The van der Waals surface area contributed by atoms with Crippen LogP contribution in [0.25, 0.3) is 0 Å². The van der Waals surface area contributed by atoms with Crippen LogP contribution in [0.2, 0.25) is 0 Å². The van der Waals surface area contributed by atoms with E-state index in [1.807, 2.05) is 48.0 Å². The molecule has 2 aromatic carbocycles. The first-order valence-electron chi connectivity index (χ1n) is 9.18. The molecule has 1 atom stereocenters. The van der Waals surface area contributed by atoms with Crippen molar-refractivity contribution in [3.05, 3.63) is 83.4 Å². The predicted octanol–water partition coefficient (Wildman–Crippen LogP) is 2.32. The normalized spacial score (nSPS) is 16.4. The molecule has 138 valence electrons. The Balaban J connectivity index is 1.54. The molecule has 0 saturated heterocycles. The Labute approximate surface area is 158 Å². The topological polar surface area (TPSA) is 63.1 Å². The minimum atomic E-state index is -0.301. The first kappa shape index (κ1) is 17.4. The smallest absolute Gasteiger partial charge is 0.246 e. The number of benzene rings is 2. The molecule has 1 amide bonds. The lowest BCUT2D eigenvalue weighted by Crippen LogP contribution is -2.42. The third-order valence-electron chi connectivity index (χ3n) is 4.92. The van der Waals surface area contributed by atoms with Crippen LogP contribution in [0.15, 0.2) is 60.7 Å². The third kappa shape index (κ3) is 3.75. The Morgan fingerprint density at radius 2 is 1.63 bits per heavy atom. The third-order valence-corrected chi connectivity index (χ3v) is 4.92. The second kappa shape index (κ2) is 7.72. The molecule has 3 aromatic rings. The van der Waals surface area contributed by atoms with Crippen molar-refractivity contribution < 1.29 is 4.79 Å². The molecule has 2 heterocycles. The van der Waals surface area contributed by atoms with Gasteiger partial charge in [0.25, 0.3) is 0 Å². The zero-order chi connectivity index (χ0) is 18.6. The highest BCUT2D eigenvalue weighted by Crippen LogP contribution is 2.25.